The Hall–Kier alpha value is -3.22. The highest BCUT2D eigenvalue weighted by molar-refractivity contribution is 5.95. The van der Waals surface area contributed by atoms with Crippen LogP contribution in [0.2, 0.25) is 0 Å². The number of aliphatic hydroxyl groups excluding tert-OH is 1. The van der Waals surface area contributed by atoms with E-state index in [0.29, 0.717) is 42.0 Å². The molecule has 1 aliphatic heterocycles. The van der Waals surface area contributed by atoms with Crippen LogP contribution in [-0.4, -0.2) is 51.8 Å². The number of nitrogens with one attached hydrogen (secondary N) is 1. The summed E-state index contributed by atoms with van der Waals surface area (Å²) in [7, 11) is 1.91. The minimum atomic E-state index is -0.436. The van der Waals surface area contributed by atoms with Crippen molar-refractivity contribution in [2.24, 2.45) is 5.73 Å². The number of nitrogens with zero attached hydrogens (tertiary/aromatic N) is 4. The van der Waals surface area contributed by atoms with Gasteiger partial charge in [-0.05, 0) is 38.2 Å². The Labute approximate surface area is 170 Å². The van der Waals surface area contributed by atoms with E-state index in [0.717, 1.165) is 5.69 Å². The first-order valence-electron chi connectivity index (χ1n) is 9.28. The smallest absolute Gasteiger partial charge is 0.252 e. The molecule has 29 heavy (non-hydrogen) atoms. The molecule has 0 saturated carbocycles. The van der Waals surface area contributed by atoms with Crippen molar-refractivity contribution >= 4 is 18.0 Å². The second-order valence-electron chi connectivity index (χ2n) is 6.16. The number of amides is 2. The van der Waals surface area contributed by atoms with Gasteiger partial charge in [0, 0.05) is 12.2 Å². The van der Waals surface area contributed by atoms with Gasteiger partial charge in [-0.3, -0.25) is 19.2 Å². The first-order chi connectivity index (χ1) is 13.9. The molecule has 0 fully saturated rings. The third-order valence-electron chi connectivity index (χ3n) is 4.34. The van der Waals surface area contributed by atoms with E-state index >= 15 is 0 Å². The zero-order valence-electron chi connectivity index (χ0n) is 17.2. The molecular formula is C20H28N6O3. The zero-order chi connectivity index (χ0) is 22.0. The molecule has 2 amide bonds. The number of fused-ring (bicyclic) bond motifs is 1. The molecule has 0 aliphatic carbocycles. The molecule has 2 aromatic rings. The van der Waals surface area contributed by atoms with Gasteiger partial charge in [-0.2, -0.15) is 10.4 Å². The molecule has 0 radical (unpaired) electrons. The first kappa shape index (κ1) is 23.8. The third kappa shape index (κ3) is 6.14. The second-order valence-corrected chi connectivity index (χ2v) is 6.16. The van der Waals surface area contributed by atoms with E-state index in [1.54, 1.807) is 35.9 Å². The average Bonchev–Trinajstić information content (AvgIpc) is 3.05. The Balaban J connectivity index is 0.000000284. The van der Waals surface area contributed by atoms with Gasteiger partial charge in [0.25, 0.3) is 5.91 Å². The predicted molar refractivity (Wildman–Crippen MR) is 110 cm³/mol. The first-order valence-corrected chi connectivity index (χ1v) is 9.28. The summed E-state index contributed by atoms with van der Waals surface area (Å²) in [6, 6.07) is 8.67. The largest absolute Gasteiger partial charge is 0.395 e. The number of aliphatic hydroxyl groups is 1. The number of nitriles is 1. The Bertz CT molecular complexity index is 854. The summed E-state index contributed by atoms with van der Waals surface area (Å²) < 4.78 is 1.77. The normalized spacial score (nSPS) is 14.8. The molecular weight excluding hydrogens is 372 g/mol. The van der Waals surface area contributed by atoms with Crippen LogP contribution in [0.4, 0.5) is 5.69 Å². The number of aryl methyl sites for hydroxylation is 1. The number of benzene rings is 1. The summed E-state index contributed by atoms with van der Waals surface area (Å²) in [5.41, 5.74) is 8.64. The highest BCUT2D eigenvalue weighted by Crippen LogP contribution is 2.21. The fourth-order valence-electron chi connectivity index (χ4n) is 2.87. The predicted octanol–water partition coefficient (Wildman–Crippen LogP) is 1.25. The van der Waals surface area contributed by atoms with Crippen LogP contribution in [0.3, 0.4) is 0 Å². The van der Waals surface area contributed by atoms with Crippen LogP contribution in [-0.2, 0) is 17.9 Å². The van der Waals surface area contributed by atoms with Crippen LogP contribution in [0, 0.1) is 18.3 Å². The van der Waals surface area contributed by atoms with E-state index in [1.807, 2.05) is 31.9 Å². The van der Waals surface area contributed by atoms with Crippen LogP contribution < -0.4 is 11.1 Å². The van der Waals surface area contributed by atoms with Crippen molar-refractivity contribution < 1.29 is 14.7 Å². The highest BCUT2D eigenvalue weighted by Gasteiger charge is 2.28. The van der Waals surface area contributed by atoms with E-state index in [4.69, 9.17) is 11.0 Å². The Kier molecular flexibility index (Phi) is 9.51. The molecule has 1 aromatic heterocycles. The quantitative estimate of drug-likeness (QED) is 0.661. The molecule has 3 rings (SSSR count). The number of nitrogens with two attached hydrogens (primary N) is 1. The number of carbonyl (C=O) groups excluding carboxylic acids is 2. The lowest BCUT2D eigenvalue weighted by atomic mass is 10.1. The number of anilines is 1. The van der Waals surface area contributed by atoms with Crippen molar-refractivity contribution in [2.75, 3.05) is 19.0 Å². The van der Waals surface area contributed by atoms with E-state index < -0.39 is 5.91 Å². The monoisotopic (exact) mass is 400 g/mol. The lowest BCUT2D eigenvalue weighted by Crippen LogP contribution is -2.43. The van der Waals surface area contributed by atoms with Crippen LogP contribution in [0.15, 0.2) is 24.3 Å². The number of rotatable bonds is 4. The van der Waals surface area contributed by atoms with Crippen molar-refractivity contribution in [1.29, 1.82) is 5.26 Å². The molecule has 9 heteroatoms. The number of aromatic nitrogens is 2. The fraction of sp³-hybridized carbons (Fsp3) is 0.400. The molecule has 0 bridgehead atoms. The van der Waals surface area contributed by atoms with Gasteiger partial charge in [0.05, 0.1) is 47.8 Å². The molecule has 1 aromatic carbocycles. The Morgan fingerprint density at radius 1 is 1.41 bits per heavy atom. The van der Waals surface area contributed by atoms with Crippen LogP contribution >= 0.6 is 0 Å². The molecule has 0 spiro atoms. The topological polar surface area (TPSA) is 137 Å². The second kappa shape index (κ2) is 11.6. The summed E-state index contributed by atoms with van der Waals surface area (Å²) in [5, 5.41) is 24.4. The van der Waals surface area contributed by atoms with E-state index in [2.05, 4.69) is 10.4 Å². The van der Waals surface area contributed by atoms with Gasteiger partial charge in [0.15, 0.2) is 0 Å². The summed E-state index contributed by atoms with van der Waals surface area (Å²) in [4.78, 5) is 23.3. The van der Waals surface area contributed by atoms with Crippen LogP contribution in [0.5, 0.6) is 0 Å². The number of hydrogen-bond acceptors (Lipinski definition) is 6. The van der Waals surface area contributed by atoms with Gasteiger partial charge in [-0.25, -0.2) is 0 Å². The van der Waals surface area contributed by atoms with Gasteiger partial charge in [0.2, 0.25) is 6.41 Å². The number of primary amides is 1. The number of hydrogen-bond donors (Lipinski definition) is 3. The Morgan fingerprint density at radius 2 is 2.03 bits per heavy atom. The maximum Gasteiger partial charge on any atom is 0.252 e. The van der Waals surface area contributed by atoms with Crippen molar-refractivity contribution in [2.45, 2.75) is 39.9 Å². The maximum absolute atomic E-state index is 11.3. The zero-order valence-corrected chi connectivity index (χ0v) is 17.2. The fourth-order valence-corrected chi connectivity index (χ4v) is 2.87. The van der Waals surface area contributed by atoms with Gasteiger partial charge >= 0.3 is 0 Å². The molecule has 1 aliphatic rings. The number of likely N-dealkylation sites (N-methyl/N-ethyl adjacent to an activating group) is 1. The average molecular weight is 400 g/mol. The molecule has 4 N–H and O–H groups in total. The summed E-state index contributed by atoms with van der Waals surface area (Å²) in [5.74, 6) is -0.436. The SMILES string of the molecule is CC.Cc1nn2c(c1C(N)=O)CN(C)C(CO)C2.N#Cc1ccc(NC=O)cc1. The van der Waals surface area contributed by atoms with Crippen LogP contribution in [0.1, 0.15) is 41.2 Å². The van der Waals surface area contributed by atoms with Crippen molar-refractivity contribution in [1.82, 2.24) is 14.7 Å². The van der Waals surface area contributed by atoms with Crippen molar-refractivity contribution in [3.05, 3.63) is 46.8 Å². The Morgan fingerprint density at radius 3 is 2.52 bits per heavy atom. The number of carbonyl (C=O) groups is 2. The van der Waals surface area contributed by atoms with Gasteiger partial charge in [-0.15, -0.1) is 0 Å². The maximum atomic E-state index is 11.3. The van der Waals surface area contributed by atoms with E-state index in [9.17, 15) is 14.7 Å². The van der Waals surface area contributed by atoms with E-state index in [1.165, 1.54) is 0 Å². The molecule has 2 heterocycles. The molecule has 0 saturated heterocycles. The van der Waals surface area contributed by atoms with E-state index in [-0.39, 0.29) is 12.6 Å². The molecule has 156 valence electrons. The van der Waals surface area contributed by atoms with Gasteiger partial charge in [-0.1, -0.05) is 13.8 Å². The summed E-state index contributed by atoms with van der Waals surface area (Å²) in [6.07, 6.45) is 0.599. The summed E-state index contributed by atoms with van der Waals surface area (Å²) >= 11 is 0. The van der Waals surface area contributed by atoms with Gasteiger partial charge in [0.1, 0.15) is 0 Å². The van der Waals surface area contributed by atoms with Crippen molar-refractivity contribution in [3.8, 4) is 6.07 Å². The minimum Gasteiger partial charge on any atom is -0.395 e. The van der Waals surface area contributed by atoms with Gasteiger partial charge < -0.3 is 16.2 Å². The lowest BCUT2D eigenvalue weighted by Gasteiger charge is -2.32. The minimum absolute atomic E-state index is 0.0486. The molecule has 1 unspecified atom stereocenters. The highest BCUT2D eigenvalue weighted by atomic mass is 16.3. The summed E-state index contributed by atoms with van der Waals surface area (Å²) in [6.45, 7) is 7.04. The molecule has 9 nitrogen and oxygen atoms in total. The standard InChI is InChI=1S/C10H16N4O2.C8H6N2O.C2H6/c1-6-9(10(11)16)8-4-13(2)7(5-15)3-14(8)12-6;9-5-7-1-3-8(4-2-7)10-6-11;1-2/h7,15H,3-5H2,1-2H3,(H2,11,16);1-4,6H,(H,10,11);1-2H3. The third-order valence-corrected chi connectivity index (χ3v) is 4.34. The van der Waals surface area contributed by atoms with Crippen molar-refractivity contribution in [3.63, 3.8) is 0 Å². The van der Waals surface area contributed by atoms with Crippen LogP contribution in [0.25, 0.3) is 0 Å². The lowest BCUT2D eigenvalue weighted by molar-refractivity contribution is -0.105. The molecule has 1 atom stereocenters.